The minimum atomic E-state index is -0.241. The third-order valence-electron chi connectivity index (χ3n) is 2.56. The quantitative estimate of drug-likeness (QED) is 0.742. The number of methoxy groups -OCH3 is 1. The molecule has 1 atom stereocenters. The topological polar surface area (TPSA) is 26.3 Å². The Balaban J connectivity index is 2.55. The third kappa shape index (κ3) is 3.74. The van der Waals surface area contributed by atoms with Crippen molar-refractivity contribution in [3.63, 3.8) is 0 Å². The molecule has 0 aliphatic heterocycles. The van der Waals surface area contributed by atoms with Crippen LogP contribution >= 0.6 is 0 Å². The average Bonchev–Trinajstić information content (AvgIpc) is 2.26. The summed E-state index contributed by atoms with van der Waals surface area (Å²) in [6.45, 7) is 2.30. The number of carbonyl (C=O) groups excluding carboxylic acids is 1. The zero-order valence-corrected chi connectivity index (χ0v) is 9.70. The monoisotopic (exact) mass is 224 g/mol. The molecule has 1 rings (SSSR count). The van der Waals surface area contributed by atoms with E-state index in [0.29, 0.717) is 25.0 Å². The number of halogens is 1. The fourth-order valence-corrected chi connectivity index (χ4v) is 1.64. The van der Waals surface area contributed by atoms with E-state index in [9.17, 15) is 9.18 Å². The first-order valence-corrected chi connectivity index (χ1v) is 5.40. The molecule has 0 spiro atoms. The van der Waals surface area contributed by atoms with E-state index in [-0.39, 0.29) is 17.5 Å². The summed E-state index contributed by atoms with van der Waals surface area (Å²) in [6.07, 6.45) is 0.763. The van der Waals surface area contributed by atoms with Crippen molar-refractivity contribution in [3.8, 4) is 0 Å². The maximum atomic E-state index is 13.4. The standard InChI is InChI=1S/C13H17FO2/c1-10(9-11(15)7-8-16-2)12-5-3-4-6-13(12)14/h3-6,10H,7-9H2,1-2H3. The molecule has 0 saturated heterocycles. The molecule has 0 amide bonds. The third-order valence-corrected chi connectivity index (χ3v) is 2.56. The molecule has 0 aliphatic carbocycles. The minimum Gasteiger partial charge on any atom is -0.384 e. The summed E-state index contributed by atoms with van der Waals surface area (Å²) in [5, 5.41) is 0. The van der Waals surface area contributed by atoms with Gasteiger partial charge in [-0.1, -0.05) is 25.1 Å². The van der Waals surface area contributed by atoms with Gasteiger partial charge < -0.3 is 4.74 Å². The molecular weight excluding hydrogens is 207 g/mol. The summed E-state index contributed by atoms with van der Waals surface area (Å²) in [7, 11) is 1.56. The van der Waals surface area contributed by atoms with E-state index < -0.39 is 0 Å². The zero-order valence-electron chi connectivity index (χ0n) is 9.70. The fourth-order valence-electron chi connectivity index (χ4n) is 1.64. The van der Waals surface area contributed by atoms with Gasteiger partial charge in [-0.25, -0.2) is 4.39 Å². The largest absolute Gasteiger partial charge is 0.384 e. The van der Waals surface area contributed by atoms with Crippen molar-refractivity contribution in [2.24, 2.45) is 0 Å². The lowest BCUT2D eigenvalue weighted by Crippen LogP contribution is -2.08. The van der Waals surface area contributed by atoms with E-state index in [1.165, 1.54) is 6.07 Å². The van der Waals surface area contributed by atoms with Gasteiger partial charge in [-0.3, -0.25) is 4.79 Å². The molecular formula is C13H17FO2. The second-order valence-electron chi connectivity index (χ2n) is 3.91. The zero-order chi connectivity index (χ0) is 12.0. The molecule has 88 valence electrons. The molecule has 0 heterocycles. The van der Waals surface area contributed by atoms with Crippen LogP contribution < -0.4 is 0 Å². The Hall–Kier alpha value is -1.22. The van der Waals surface area contributed by atoms with E-state index in [1.54, 1.807) is 25.3 Å². The second kappa shape index (κ2) is 6.38. The molecule has 0 radical (unpaired) electrons. The van der Waals surface area contributed by atoms with Gasteiger partial charge in [0.05, 0.1) is 6.61 Å². The number of ether oxygens (including phenoxy) is 1. The molecule has 16 heavy (non-hydrogen) atoms. The van der Waals surface area contributed by atoms with Gasteiger partial charge in [0.2, 0.25) is 0 Å². The summed E-state index contributed by atoms with van der Waals surface area (Å²) in [5.41, 5.74) is 0.605. The van der Waals surface area contributed by atoms with Crippen molar-refractivity contribution in [2.75, 3.05) is 13.7 Å². The molecule has 0 aromatic heterocycles. The van der Waals surface area contributed by atoms with Gasteiger partial charge >= 0.3 is 0 Å². The van der Waals surface area contributed by atoms with Crippen LogP contribution in [0.1, 0.15) is 31.2 Å². The maximum absolute atomic E-state index is 13.4. The van der Waals surface area contributed by atoms with E-state index in [2.05, 4.69) is 0 Å². The van der Waals surface area contributed by atoms with Crippen LogP contribution in [0.25, 0.3) is 0 Å². The lowest BCUT2D eigenvalue weighted by Gasteiger charge is -2.11. The average molecular weight is 224 g/mol. The van der Waals surface area contributed by atoms with Crippen LogP contribution in [0.2, 0.25) is 0 Å². The molecule has 0 aliphatic rings. The molecule has 2 nitrogen and oxygen atoms in total. The van der Waals surface area contributed by atoms with Crippen LogP contribution in [0.4, 0.5) is 4.39 Å². The number of ketones is 1. The molecule has 0 bridgehead atoms. The summed E-state index contributed by atoms with van der Waals surface area (Å²) >= 11 is 0. The first-order chi connectivity index (χ1) is 7.65. The van der Waals surface area contributed by atoms with Gasteiger partial charge in [-0.2, -0.15) is 0 Å². The highest BCUT2D eigenvalue weighted by Crippen LogP contribution is 2.22. The Morgan fingerprint density at radius 1 is 1.44 bits per heavy atom. The lowest BCUT2D eigenvalue weighted by atomic mass is 9.94. The highest BCUT2D eigenvalue weighted by atomic mass is 19.1. The SMILES string of the molecule is COCCC(=O)CC(C)c1ccccc1F. The number of hydrogen-bond donors (Lipinski definition) is 0. The van der Waals surface area contributed by atoms with Crippen molar-refractivity contribution >= 4 is 5.78 Å². The first kappa shape index (κ1) is 12.8. The number of benzene rings is 1. The molecule has 1 aromatic carbocycles. The van der Waals surface area contributed by atoms with Crippen molar-refractivity contribution in [2.45, 2.75) is 25.7 Å². The van der Waals surface area contributed by atoms with Gasteiger partial charge in [0, 0.05) is 20.0 Å². The minimum absolute atomic E-state index is 0.0782. The molecule has 0 fully saturated rings. The number of rotatable bonds is 6. The molecule has 0 saturated carbocycles. The van der Waals surface area contributed by atoms with Crippen LogP contribution in [0, 0.1) is 5.82 Å². The highest BCUT2D eigenvalue weighted by molar-refractivity contribution is 5.79. The smallest absolute Gasteiger partial charge is 0.135 e. The Bertz CT molecular complexity index is 350. The highest BCUT2D eigenvalue weighted by Gasteiger charge is 2.14. The van der Waals surface area contributed by atoms with Gasteiger partial charge in [-0.05, 0) is 17.5 Å². The van der Waals surface area contributed by atoms with E-state index >= 15 is 0 Å². The van der Waals surface area contributed by atoms with Crippen molar-refractivity contribution in [1.29, 1.82) is 0 Å². The number of Topliss-reactive ketones (excluding diaryl/α,β-unsaturated/α-hetero) is 1. The van der Waals surface area contributed by atoms with Crippen molar-refractivity contribution in [3.05, 3.63) is 35.6 Å². The lowest BCUT2D eigenvalue weighted by molar-refractivity contribution is -0.120. The Kier molecular flexibility index (Phi) is 5.12. The molecule has 1 aromatic rings. The van der Waals surface area contributed by atoms with Crippen LogP contribution in [0.5, 0.6) is 0 Å². The predicted molar refractivity (Wildman–Crippen MR) is 60.9 cm³/mol. The maximum Gasteiger partial charge on any atom is 0.135 e. The fraction of sp³-hybridized carbons (Fsp3) is 0.462. The van der Waals surface area contributed by atoms with Crippen molar-refractivity contribution < 1.29 is 13.9 Å². The Morgan fingerprint density at radius 2 is 2.12 bits per heavy atom. The normalized spacial score (nSPS) is 12.4. The number of carbonyl (C=O) groups is 1. The summed E-state index contributed by atoms with van der Waals surface area (Å²) in [5.74, 6) is -0.210. The molecule has 3 heteroatoms. The summed E-state index contributed by atoms with van der Waals surface area (Å²) < 4.78 is 18.2. The second-order valence-corrected chi connectivity index (χ2v) is 3.91. The van der Waals surface area contributed by atoms with Crippen LogP contribution in [0.3, 0.4) is 0 Å². The van der Waals surface area contributed by atoms with Gasteiger partial charge in [0.1, 0.15) is 11.6 Å². The van der Waals surface area contributed by atoms with Crippen LogP contribution in [-0.2, 0) is 9.53 Å². The van der Waals surface area contributed by atoms with Crippen LogP contribution in [0.15, 0.2) is 24.3 Å². The molecule has 1 unspecified atom stereocenters. The van der Waals surface area contributed by atoms with Gasteiger partial charge in [0.25, 0.3) is 0 Å². The van der Waals surface area contributed by atoms with Crippen molar-refractivity contribution in [1.82, 2.24) is 0 Å². The van der Waals surface area contributed by atoms with Crippen LogP contribution in [-0.4, -0.2) is 19.5 Å². The van der Waals surface area contributed by atoms with Gasteiger partial charge in [0.15, 0.2) is 0 Å². The predicted octanol–water partition coefficient (Wildman–Crippen LogP) is 2.92. The van der Waals surface area contributed by atoms with Gasteiger partial charge in [-0.15, -0.1) is 0 Å². The number of hydrogen-bond acceptors (Lipinski definition) is 2. The first-order valence-electron chi connectivity index (χ1n) is 5.40. The Labute approximate surface area is 95.4 Å². The Morgan fingerprint density at radius 3 is 2.75 bits per heavy atom. The molecule has 0 N–H and O–H groups in total. The van der Waals surface area contributed by atoms with E-state index in [0.717, 1.165) is 0 Å². The van der Waals surface area contributed by atoms with E-state index in [4.69, 9.17) is 4.74 Å². The summed E-state index contributed by atoms with van der Waals surface area (Å²) in [6, 6.07) is 6.59. The van der Waals surface area contributed by atoms with E-state index in [1.807, 2.05) is 6.92 Å². The summed E-state index contributed by atoms with van der Waals surface area (Å²) in [4.78, 5) is 11.5.